The molecule has 1 N–H and O–H groups in total. The number of aliphatic hydroxyl groups excluding tert-OH is 1. The van der Waals surface area contributed by atoms with Crippen LogP contribution in [0.25, 0.3) is 10.2 Å². The Balaban J connectivity index is 1.54. The molecular weight excluding hydrogens is 466 g/mol. The van der Waals surface area contributed by atoms with Crippen LogP contribution in [-0.2, 0) is 16.0 Å². The van der Waals surface area contributed by atoms with Gasteiger partial charge in [0, 0.05) is 17.4 Å². The molecule has 1 amide bonds. The number of rotatable bonds is 6. The minimum atomic E-state index is -0.894. The lowest BCUT2D eigenvalue weighted by Gasteiger charge is -2.23. The number of Topliss-reactive ketones (excluding diaryl/α,β-unsaturated/α-hetero) is 1. The molecule has 5 rings (SSSR count). The second kappa shape index (κ2) is 8.49. The molecule has 0 saturated carbocycles. The van der Waals surface area contributed by atoms with Crippen molar-refractivity contribution in [2.75, 3.05) is 4.90 Å². The summed E-state index contributed by atoms with van der Waals surface area (Å²) in [5, 5.41) is 12.6. The Morgan fingerprint density at radius 2 is 1.91 bits per heavy atom. The number of amides is 1. The Labute approximate surface area is 195 Å². The number of nitrogens with zero attached hydrogens (tertiary/aromatic N) is 2. The number of carbonyl (C=O) groups is 2. The molecule has 0 spiro atoms. The second-order valence-corrected chi connectivity index (χ2v) is 9.48. The van der Waals surface area contributed by atoms with Gasteiger partial charge >= 0.3 is 0 Å². The lowest BCUT2D eigenvalue weighted by Crippen LogP contribution is -2.30. The molecule has 3 heterocycles. The highest BCUT2D eigenvalue weighted by Crippen LogP contribution is 2.45. The van der Waals surface area contributed by atoms with Gasteiger partial charge in [-0.2, -0.15) is 0 Å². The zero-order valence-electron chi connectivity index (χ0n) is 17.0. The van der Waals surface area contributed by atoms with Gasteiger partial charge in [0.15, 0.2) is 22.5 Å². The first-order chi connectivity index (χ1) is 15.9. The first kappa shape index (κ1) is 21.4. The molecule has 2 aromatic heterocycles. The predicted molar refractivity (Wildman–Crippen MR) is 124 cm³/mol. The zero-order chi connectivity index (χ0) is 23.1. The lowest BCUT2D eigenvalue weighted by molar-refractivity contribution is -0.118. The van der Waals surface area contributed by atoms with Gasteiger partial charge in [-0.1, -0.05) is 47.7 Å². The number of halogens is 2. The minimum Gasteiger partial charge on any atom is -0.503 e. The van der Waals surface area contributed by atoms with Crippen molar-refractivity contribution in [2.45, 2.75) is 18.9 Å². The number of anilines is 1. The molecule has 1 atom stereocenters. The summed E-state index contributed by atoms with van der Waals surface area (Å²) in [7, 11) is 0. The Bertz CT molecular complexity index is 1400. The number of thiophene rings is 1. The average Bonchev–Trinajstić information content (AvgIpc) is 3.52. The molecule has 9 heteroatoms. The monoisotopic (exact) mass is 482 g/mol. The molecule has 1 aliphatic heterocycles. The van der Waals surface area contributed by atoms with Gasteiger partial charge in [-0.25, -0.2) is 13.8 Å². The maximum Gasteiger partial charge on any atom is 0.296 e. The van der Waals surface area contributed by atoms with Crippen molar-refractivity contribution in [1.29, 1.82) is 0 Å². The lowest BCUT2D eigenvalue weighted by atomic mass is 9.97. The van der Waals surface area contributed by atoms with Crippen molar-refractivity contribution in [1.82, 2.24) is 4.98 Å². The maximum atomic E-state index is 14.2. The summed E-state index contributed by atoms with van der Waals surface area (Å²) in [6.45, 7) is 0. The van der Waals surface area contributed by atoms with Crippen LogP contribution in [0, 0.1) is 11.6 Å². The Morgan fingerprint density at radius 1 is 1.12 bits per heavy atom. The SMILES string of the molecule is O=C(CCc1ccccc1)C1=C(O)C(=O)N(c2nc3c(F)cc(F)cc3s2)C1c1cccs1. The number of carbonyl (C=O) groups excluding carboxylic acids is 2. The fraction of sp³-hybridized carbons (Fsp3) is 0.125. The van der Waals surface area contributed by atoms with E-state index >= 15 is 0 Å². The van der Waals surface area contributed by atoms with E-state index < -0.39 is 29.3 Å². The third kappa shape index (κ3) is 3.83. The summed E-state index contributed by atoms with van der Waals surface area (Å²) in [6, 6.07) is 13.9. The molecular formula is C24H16F2N2O3S2. The van der Waals surface area contributed by atoms with Crippen molar-refractivity contribution in [3.63, 3.8) is 0 Å². The van der Waals surface area contributed by atoms with E-state index in [0.29, 0.717) is 11.3 Å². The summed E-state index contributed by atoms with van der Waals surface area (Å²) >= 11 is 2.25. The second-order valence-electron chi connectivity index (χ2n) is 7.49. The summed E-state index contributed by atoms with van der Waals surface area (Å²) in [4.78, 5) is 32.4. The van der Waals surface area contributed by atoms with Gasteiger partial charge in [0.1, 0.15) is 17.4 Å². The highest BCUT2D eigenvalue weighted by Gasteiger charge is 2.46. The number of hydrogen-bond acceptors (Lipinski definition) is 6. The average molecular weight is 483 g/mol. The van der Waals surface area contributed by atoms with Gasteiger partial charge in [0.05, 0.1) is 10.3 Å². The minimum absolute atomic E-state index is 0.00992. The van der Waals surface area contributed by atoms with Crippen LogP contribution >= 0.6 is 22.7 Å². The maximum absolute atomic E-state index is 14.2. The van der Waals surface area contributed by atoms with Crippen LogP contribution < -0.4 is 4.90 Å². The third-order valence-corrected chi connectivity index (χ3v) is 7.34. The quantitative estimate of drug-likeness (QED) is 0.381. The van der Waals surface area contributed by atoms with Crippen molar-refractivity contribution >= 4 is 49.7 Å². The molecule has 0 aliphatic carbocycles. The summed E-state index contributed by atoms with van der Waals surface area (Å²) in [5.41, 5.74) is 0.880. The molecule has 5 nitrogen and oxygen atoms in total. The fourth-order valence-electron chi connectivity index (χ4n) is 3.89. The van der Waals surface area contributed by atoms with E-state index in [2.05, 4.69) is 4.98 Å². The van der Waals surface area contributed by atoms with E-state index in [0.717, 1.165) is 29.0 Å². The number of hydrogen-bond donors (Lipinski definition) is 1. The van der Waals surface area contributed by atoms with Crippen LogP contribution in [0.4, 0.5) is 13.9 Å². The molecule has 2 aromatic carbocycles. The van der Waals surface area contributed by atoms with Crippen molar-refractivity contribution < 1.29 is 23.5 Å². The highest BCUT2D eigenvalue weighted by molar-refractivity contribution is 7.22. The van der Waals surface area contributed by atoms with Crippen LogP contribution in [0.1, 0.15) is 22.9 Å². The van der Waals surface area contributed by atoms with Crippen LogP contribution in [0.2, 0.25) is 0 Å². The number of aliphatic hydroxyl groups is 1. The van der Waals surface area contributed by atoms with Gasteiger partial charge in [0.2, 0.25) is 0 Å². The van der Waals surface area contributed by atoms with Crippen LogP contribution in [0.3, 0.4) is 0 Å². The molecule has 33 heavy (non-hydrogen) atoms. The topological polar surface area (TPSA) is 70.5 Å². The number of aromatic nitrogens is 1. The fourth-order valence-corrected chi connectivity index (χ4v) is 5.74. The van der Waals surface area contributed by atoms with Gasteiger partial charge in [-0.05, 0) is 29.5 Å². The Kier molecular flexibility index (Phi) is 5.51. The Morgan fingerprint density at radius 3 is 2.64 bits per heavy atom. The highest BCUT2D eigenvalue weighted by atomic mass is 32.1. The number of thiazole rings is 1. The van der Waals surface area contributed by atoms with Gasteiger partial charge < -0.3 is 5.11 Å². The molecule has 0 fully saturated rings. The van der Waals surface area contributed by atoms with E-state index in [1.165, 1.54) is 16.2 Å². The zero-order valence-corrected chi connectivity index (χ0v) is 18.6. The summed E-state index contributed by atoms with van der Waals surface area (Å²) < 4.78 is 28.2. The molecule has 0 bridgehead atoms. The van der Waals surface area contributed by atoms with Crippen LogP contribution in [0.15, 0.2) is 71.3 Å². The normalized spacial score (nSPS) is 16.2. The number of ketones is 1. The molecule has 0 radical (unpaired) electrons. The summed E-state index contributed by atoms with van der Waals surface area (Å²) in [5.74, 6) is -3.39. The largest absolute Gasteiger partial charge is 0.503 e. The molecule has 1 aliphatic rings. The van der Waals surface area contributed by atoms with Crippen LogP contribution in [0.5, 0.6) is 0 Å². The summed E-state index contributed by atoms with van der Waals surface area (Å²) in [6.07, 6.45) is 0.555. The third-order valence-electron chi connectivity index (χ3n) is 5.41. The Hall–Kier alpha value is -3.43. The van der Waals surface area contributed by atoms with E-state index in [-0.39, 0.29) is 33.1 Å². The molecule has 166 valence electrons. The molecule has 4 aromatic rings. The predicted octanol–water partition coefficient (Wildman–Crippen LogP) is 5.74. The van der Waals surface area contributed by atoms with E-state index in [1.807, 2.05) is 30.3 Å². The van der Waals surface area contributed by atoms with Crippen molar-refractivity contribution in [2.24, 2.45) is 0 Å². The smallest absolute Gasteiger partial charge is 0.296 e. The number of benzene rings is 2. The van der Waals surface area contributed by atoms with Crippen molar-refractivity contribution in [3.8, 4) is 0 Å². The standard InChI is InChI=1S/C24H16F2N2O3S2/c25-14-11-15(26)20-18(12-14)33-24(27-20)28-21(17-7-4-10-32-17)19(22(30)23(28)31)16(29)9-8-13-5-2-1-3-6-13/h1-7,10-12,21,30H,8-9H2. The van der Waals surface area contributed by atoms with E-state index in [9.17, 15) is 23.5 Å². The number of fused-ring (bicyclic) bond motifs is 1. The van der Waals surface area contributed by atoms with Crippen LogP contribution in [-0.4, -0.2) is 21.8 Å². The van der Waals surface area contributed by atoms with Gasteiger partial charge in [-0.15, -0.1) is 11.3 Å². The van der Waals surface area contributed by atoms with E-state index in [1.54, 1.807) is 17.5 Å². The van der Waals surface area contributed by atoms with E-state index in [4.69, 9.17) is 0 Å². The first-order valence-electron chi connectivity index (χ1n) is 10.1. The molecule has 0 saturated heterocycles. The first-order valence-corrected chi connectivity index (χ1v) is 11.8. The van der Waals surface area contributed by atoms with Gasteiger partial charge in [0.25, 0.3) is 5.91 Å². The molecule has 1 unspecified atom stereocenters. The number of aryl methyl sites for hydroxylation is 1. The van der Waals surface area contributed by atoms with Crippen molar-refractivity contribution in [3.05, 3.63) is 93.4 Å². The van der Waals surface area contributed by atoms with Gasteiger partial charge in [-0.3, -0.25) is 14.5 Å².